The third kappa shape index (κ3) is 4.34. The molecule has 0 fully saturated rings. The SMILES string of the molecule is COc1ccc(C(NS(=O)(=O)c2ccccc2)c2ccc(C#N)cc2)cc1. The van der Waals surface area contributed by atoms with Crippen LogP contribution in [0.3, 0.4) is 0 Å². The third-order valence-corrected chi connectivity index (χ3v) is 5.59. The summed E-state index contributed by atoms with van der Waals surface area (Å²) in [6.07, 6.45) is 0. The Morgan fingerprint density at radius 1 is 0.889 bits per heavy atom. The number of rotatable bonds is 6. The minimum absolute atomic E-state index is 0.192. The van der Waals surface area contributed by atoms with E-state index in [0.717, 1.165) is 11.1 Å². The number of nitriles is 1. The molecule has 0 aliphatic rings. The van der Waals surface area contributed by atoms with E-state index in [2.05, 4.69) is 10.8 Å². The van der Waals surface area contributed by atoms with Gasteiger partial charge in [-0.2, -0.15) is 9.98 Å². The Morgan fingerprint density at radius 3 is 1.96 bits per heavy atom. The number of benzene rings is 3. The summed E-state index contributed by atoms with van der Waals surface area (Å²) in [6, 6.07) is 23.7. The molecule has 0 bridgehead atoms. The third-order valence-electron chi connectivity index (χ3n) is 4.15. The lowest BCUT2D eigenvalue weighted by molar-refractivity contribution is 0.414. The Kier molecular flexibility index (Phi) is 5.55. The average molecular weight is 378 g/mol. The van der Waals surface area contributed by atoms with Crippen molar-refractivity contribution < 1.29 is 13.2 Å². The lowest BCUT2D eigenvalue weighted by Crippen LogP contribution is -2.29. The first-order valence-corrected chi connectivity index (χ1v) is 9.73. The second kappa shape index (κ2) is 8.04. The zero-order valence-electron chi connectivity index (χ0n) is 14.7. The molecule has 0 heterocycles. The van der Waals surface area contributed by atoms with Gasteiger partial charge in [-0.3, -0.25) is 0 Å². The summed E-state index contributed by atoms with van der Waals surface area (Å²) in [5, 5.41) is 9.00. The number of ether oxygens (including phenoxy) is 1. The van der Waals surface area contributed by atoms with Crippen molar-refractivity contribution in [2.24, 2.45) is 0 Å². The molecule has 0 aromatic heterocycles. The van der Waals surface area contributed by atoms with Crippen LogP contribution in [-0.2, 0) is 10.0 Å². The quantitative estimate of drug-likeness (QED) is 0.710. The van der Waals surface area contributed by atoms with Crippen LogP contribution >= 0.6 is 0 Å². The maximum Gasteiger partial charge on any atom is 0.241 e. The predicted molar refractivity (Wildman–Crippen MR) is 103 cm³/mol. The second-order valence-corrected chi connectivity index (χ2v) is 7.59. The number of nitrogens with one attached hydrogen (secondary N) is 1. The van der Waals surface area contributed by atoms with Gasteiger partial charge in [0.25, 0.3) is 0 Å². The van der Waals surface area contributed by atoms with E-state index in [1.165, 1.54) is 0 Å². The van der Waals surface area contributed by atoms with Crippen molar-refractivity contribution in [3.63, 3.8) is 0 Å². The van der Waals surface area contributed by atoms with Gasteiger partial charge >= 0.3 is 0 Å². The summed E-state index contributed by atoms with van der Waals surface area (Å²) < 4.78 is 33.6. The molecule has 0 saturated carbocycles. The molecule has 136 valence electrons. The summed E-state index contributed by atoms with van der Waals surface area (Å²) >= 11 is 0. The van der Waals surface area contributed by atoms with Crippen molar-refractivity contribution in [2.75, 3.05) is 7.11 Å². The number of hydrogen-bond donors (Lipinski definition) is 1. The van der Waals surface area contributed by atoms with Crippen molar-refractivity contribution in [2.45, 2.75) is 10.9 Å². The van der Waals surface area contributed by atoms with E-state index in [1.54, 1.807) is 73.8 Å². The minimum atomic E-state index is -3.73. The van der Waals surface area contributed by atoms with Gasteiger partial charge in [-0.25, -0.2) is 8.42 Å². The van der Waals surface area contributed by atoms with Crippen LogP contribution in [0.15, 0.2) is 83.8 Å². The molecule has 0 aliphatic carbocycles. The maximum atomic E-state index is 12.8. The average Bonchev–Trinajstić information content (AvgIpc) is 2.73. The van der Waals surface area contributed by atoms with Crippen LogP contribution in [0.1, 0.15) is 22.7 Å². The molecule has 1 unspecified atom stereocenters. The number of methoxy groups -OCH3 is 1. The Bertz CT molecular complexity index is 1040. The zero-order valence-corrected chi connectivity index (χ0v) is 15.5. The highest BCUT2D eigenvalue weighted by molar-refractivity contribution is 7.89. The van der Waals surface area contributed by atoms with E-state index < -0.39 is 16.1 Å². The van der Waals surface area contributed by atoms with Gasteiger partial charge in [-0.05, 0) is 47.5 Å². The van der Waals surface area contributed by atoms with E-state index in [4.69, 9.17) is 10.00 Å². The van der Waals surface area contributed by atoms with E-state index >= 15 is 0 Å². The van der Waals surface area contributed by atoms with Gasteiger partial charge in [0.2, 0.25) is 10.0 Å². The monoisotopic (exact) mass is 378 g/mol. The van der Waals surface area contributed by atoms with Crippen molar-refractivity contribution in [1.82, 2.24) is 4.72 Å². The fraction of sp³-hybridized carbons (Fsp3) is 0.0952. The smallest absolute Gasteiger partial charge is 0.241 e. The topological polar surface area (TPSA) is 79.2 Å². The molecule has 0 aliphatic heterocycles. The molecule has 1 N–H and O–H groups in total. The van der Waals surface area contributed by atoms with Gasteiger partial charge in [-0.15, -0.1) is 0 Å². The Labute approximate surface area is 158 Å². The highest BCUT2D eigenvalue weighted by Gasteiger charge is 2.23. The maximum absolute atomic E-state index is 12.8. The van der Waals surface area contributed by atoms with Crippen LogP contribution in [0, 0.1) is 11.3 Å². The van der Waals surface area contributed by atoms with Crippen molar-refractivity contribution >= 4 is 10.0 Å². The fourth-order valence-electron chi connectivity index (χ4n) is 2.70. The molecule has 0 saturated heterocycles. The molecular weight excluding hydrogens is 360 g/mol. The van der Waals surface area contributed by atoms with Gasteiger partial charge in [0.15, 0.2) is 0 Å². The summed E-state index contributed by atoms with van der Waals surface area (Å²) in [4.78, 5) is 0.192. The molecule has 3 aromatic rings. The lowest BCUT2D eigenvalue weighted by Gasteiger charge is -2.20. The van der Waals surface area contributed by atoms with Crippen molar-refractivity contribution in [1.29, 1.82) is 5.26 Å². The van der Waals surface area contributed by atoms with Crippen LogP contribution in [-0.4, -0.2) is 15.5 Å². The molecule has 3 rings (SSSR count). The van der Waals surface area contributed by atoms with Gasteiger partial charge in [0.1, 0.15) is 5.75 Å². The highest BCUT2D eigenvalue weighted by Crippen LogP contribution is 2.26. The van der Waals surface area contributed by atoms with Gasteiger partial charge < -0.3 is 4.74 Å². The molecule has 27 heavy (non-hydrogen) atoms. The van der Waals surface area contributed by atoms with Crippen LogP contribution in [0.2, 0.25) is 0 Å². The first-order chi connectivity index (χ1) is 13.0. The predicted octanol–water partition coefficient (Wildman–Crippen LogP) is 3.63. The first-order valence-electron chi connectivity index (χ1n) is 8.25. The molecule has 0 amide bonds. The van der Waals surface area contributed by atoms with Crippen molar-refractivity contribution in [3.8, 4) is 11.8 Å². The Balaban J connectivity index is 2.02. The lowest BCUT2D eigenvalue weighted by atomic mass is 9.98. The Morgan fingerprint density at radius 2 is 1.44 bits per heavy atom. The molecule has 3 aromatic carbocycles. The summed E-state index contributed by atoms with van der Waals surface area (Å²) in [5.41, 5.74) is 2.01. The van der Waals surface area contributed by atoms with Gasteiger partial charge in [0.05, 0.1) is 29.7 Å². The molecule has 5 nitrogen and oxygen atoms in total. The highest BCUT2D eigenvalue weighted by atomic mass is 32.2. The Hall–Kier alpha value is -3.14. The van der Waals surface area contributed by atoms with Gasteiger partial charge in [-0.1, -0.05) is 42.5 Å². The van der Waals surface area contributed by atoms with E-state index in [1.807, 2.05) is 12.1 Å². The molecule has 1 atom stereocenters. The summed E-state index contributed by atoms with van der Waals surface area (Å²) in [7, 11) is -2.16. The second-order valence-electron chi connectivity index (χ2n) is 5.87. The van der Waals surface area contributed by atoms with E-state index in [0.29, 0.717) is 11.3 Å². The van der Waals surface area contributed by atoms with Crippen LogP contribution < -0.4 is 9.46 Å². The standard InChI is InChI=1S/C21H18N2O3S/c1-26-19-13-11-18(12-14-19)21(17-9-7-16(15-22)8-10-17)23-27(24,25)20-5-3-2-4-6-20/h2-14,21,23H,1H3. The molecule has 0 radical (unpaired) electrons. The van der Waals surface area contributed by atoms with Crippen molar-refractivity contribution in [3.05, 3.63) is 95.6 Å². The zero-order chi connectivity index (χ0) is 19.3. The minimum Gasteiger partial charge on any atom is -0.497 e. The van der Waals surface area contributed by atoms with E-state index in [-0.39, 0.29) is 4.90 Å². The first kappa shape index (κ1) is 18.6. The van der Waals surface area contributed by atoms with Crippen LogP contribution in [0.4, 0.5) is 0 Å². The van der Waals surface area contributed by atoms with Gasteiger partial charge in [0, 0.05) is 0 Å². The van der Waals surface area contributed by atoms with Crippen LogP contribution in [0.5, 0.6) is 5.75 Å². The van der Waals surface area contributed by atoms with Crippen LogP contribution in [0.25, 0.3) is 0 Å². The fourth-order valence-corrected chi connectivity index (χ4v) is 3.93. The molecule has 0 spiro atoms. The van der Waals surface area contributed by atoms with E-state index in [9.17, 15) is 8.42 Å². The summed E-state index contributed by atoms with van der Waals surface area (Å²) in [5.74, 6) is 0.684. The number of sulfonamides is 1. The molecule has 6 heteroatoms. The summed E-state index contributed by atoms with van der Waals surface area (Å²) in [6.45, 7) is 0. The number of nitrogens with zero attached hydrogens (tertiary/aromatic N) is 1. The number of hydrogen-bond acceptors (Lipinski definition) is 4. The molecular formula is C21H18N2O3S. The normalized spacial score (nSPS) is 12.1. The largest absolute Gasteiger partial charge is 0.497 e.